The van der Waals surface area contributed by atoms with Gasteiger partial charge in [-0.3, -0.25) is 9.36 Å². The first-order valence-corrected chi connectivity index (χ1v) is 7.41. The minimum Gasteiger partial charge on any atom is -0.468 e. The van der Waals surface area contributed by atoms with Crippen LogP contribution in [-0.4, -0.2) is 33.6 Å². The van der Waals surface area contributed by atoms with E-state index in [1.807, 2.05) is 16.7 Å². The lowest BCUT2D eigenvalue weighted by atomic mass is 10.3. The van der Waals surface area contributed by atoms with Crippen LogP contribution in [0.4, 0.5) is 0 Å². The molecule has 1 aliphatic carbocycles. The normalized spacial score (nSPS) is 14.4. The molecule has 2 heterocycles. The Hall–Kier alpha value is -1.76. The Balaban J connectivity index is 1.80. The number of carbonyl (C=O) groups excluding carboxylic acids is 1. The predicted octanol–water partition coefficient (Wildman–Crippen LogP) is 2.06. The van der Waals surface area contributed by atoms with Crippen molar-refractivity contribution in [2.75, 3.05) is 12.9 Å². The number of esters is 1. The molecule has 0 bridgehead atoms. The van der Waals surface area contributed by atoms with E-state index in [9.17, 15) is 4.79 Å². The maximum Gasteiger partial charge on any atom is 0.316 e. The average molecular weight is 293 g/mol. The minimum atomic E-state index is -0.268. The van der Waals surface area contributed by atoms with Crippen LogP contribution in [0.15, 0.2) is 28.0 Å². The Morgan fingerprint density at radius 2 is 2.40 bits per heavy atom. The van der Waals surface area contributed by atoms with Crippen molar-refractivity contribution < 1.29 is 13.9 Å². The van der Waals surface area contributed by atoms with Gasteiger partial charge in [-0.25, -0.2) is 0 Å². The van der Waals surface area contributed by atoms with Crippen molar-refractivity contribution >= 4 is 17.7 Å². The zero-order valence-electron chi connectivity index (χ0n) is 11.1. The largest absolute Gasteiger partial charge is 0.468 e. The fraction of sp³-hybridized carbons (Fsp3) is 0.462. The van der Waals surface area contributed by atoms with Crippen molar-refractivity contribution in [1.29, 1.82) is 0 Å². The number of hydrogen-bond donors (Lipinski definition) is 0. The Bertz CT molecular complexity index is 590. The highest BCUT2D eigenvalue weighted by atomic mass is 32.2. The lowest BCUT2D eigenvalue weighted by Gasteiger charge is -2.07. The van der Waals surface area contributed by atoms with Gasteiger partial charge < -0.3 is 9.15 Å². The number of carbonyl (C=O) groups is 1. The van der Waals surface area contributed by atoms with Crippen LogP contribution in [0.3, 0.4) is 0 Å². The molecule has 2 aromatic heterocycles. The van der Waals surface area contributed by atoms with Gasteiger partial charge in [0, 0.05) is 5.92 Å². The van der Waals surface area contributed by atoms with Crippen LogP contribution in [0, 0.1) is 0 Å². The highest BCUT2D eigenvalue weighted by molar-refractivity contribution is 7.99. The molecule has 7 heteroatoms. The quantitative estimate of drug-likeness (QED) is 0.600. The Morgan fingerprint density at radius 3 is 3.05 bits per heavy atom. The zero-order valence-corrected chi connectivity index (χ0v) is 11.9. The molecule has 0 amide bonds. The van der Waals surface area contributed by atoms with E-state index in [2.05, 4.69) is 14.9 Å². The fourth-order valence-electron chi connectivity index (χ4n) is 1.94. The molecule has 0 spiro atoms. The van der Waals surface area contributed by atoms with Crippen molar-refractivity contribution in [3.05, 3.63) is 30.0 Å². The first-order valence-electron chi connectivity index (χ1n) is 6.43. The number of hydrogen-bond acceptors (Lipinski definition) is 6. The second-order valence-corrected chi connectivity index (χ2v) is 5.59. The van der Waals surface area contributed by atoms with Crippen LogP contribution in [0.25, 0.3) is 0 Å². The lowest BCUT2D eigenvalue weighted by Crippen LogP contribution is -2.08. The summed E-state index contributed by atoms with van der Waals surface area (Å²) in [4.78, 5) is 11.2. The molecule has 106 valence electrons. The monoisotopic (exact) mass is 293 g/mol. The van der Waals surface area contributed by atoms with Crippen molar-refractivity contribution in [3.8, 4) is 0 Å². The third-order valence-corrected chi connectivity index (χ3v) is 4.07. The van der Waals surface area contributed by atoms with Crippen LogP contribution in [0.5, 0.6) is 0 Å². The summed E-state index contributed by atoms with van der Waals surface area (Å²) in [5.74, 6) is 2.29. The molecule has 0 saturated heterocycles. The van der Waals surface area contributed by atoms with E-state index in [1.54, 1.807) is 6.26 Å². The van der Waals surface area contributed by atoms with Gasteiger partial charge in [0.25, 0.3) is 0 Å². The smallest absolute Gasteiger partial charge is 0.316 e. The van der Waals surface area contributed by atoms with Gasteiger partial charge in [0.15, 0.2) is 5.16 Å². The van der Waals surface area contributed by atoms with Crippen LogP contribution < -0.4 is 0 Å². The number of methoxy groups -OCH3 is 1. The molecule has 6 nitrogen and oxygen atoms in total. The summed E-state index contributed by atoms with van der Waals surface area (Å²) in [6, 6.07) is 3.78. The third-order valence-electron chi connectivity index (χ3n) is 3.13. The molecule has 0 radical (unpaired) electrons. The van der Waals surface area contributed by atoms with Crippen LogP contribution in [-0.2, 0) is 16.1 Å². The van der Waals surface area contributed by atoms with Gasteiger partial charge in [-0.15, -0.1) is 10.2 Å². The van der Waals surface area contributed by atoms with E-state index in [0.29, 0.717) is 12.5 Å². The molecular weight excluding hydrogens is 278 g/mol. The maximum atomic E-state index is 11.2. The molecule has 0 N–H and O–H groups in total. The van der Waals surface area contributed by atoms with Gasteiger partial charge in [-0.1, -0.05) is 11.8 Å². The number of aromatic nitrogens is 3. The number of furan rings is 1. The third kappa shape index (κ3) is 2.87. The number of rotatable bonds is 6. The Labute approximate surface area is 120 Å². The SMILES string of the molecule is COC(=O)CSc1nnc(C2CC2)n1Cc1ccco1. The maximum absolute atomic E-state index is 11.2. The van der Waals surface area contributed by atoms with Gasteiger partial charge >= 0.3 is 5.97 Å². The summed E-state index contributed by atoms with van der Waals surface area (Å²) in [7, 11) is 1.38. The molecule has 0 unspecified atom stereocenters. The van der Waals surface area contributed by atoms with E-state index in [0.717, 1.165) is 29.6 Å². The van der Waals surface area contributed by atoms with Crippen molar-refractivity contribution in [1.82, 2.24) is 14.8 Å². The zero-order chi connectivity index (χ0) is 13.9. The highest BCUT2D eigenvalue weighted by Crippen LogP contribution is 2.40. The summed E-state index contributed by atoms with van der Waals surface area (Å²) < 4.78 is 12.1. The molecule has 20 heavy (non-hydrogen) atoms. The predicted molar refractivity (Wildman–Crippen MR) is 72.5 cm³/mol. The van der Waals surface area contributed by atoms with Gasteiger partial charge in [0.1, 0.15) is 11.6 Å². The van der Waals surface area contributed by atoms with Gasteiger partial charge in [-0.2, -0.15) is 0 Å². The molecule has 0 aromatic carbocycles. The molecule has 2 aromatic rings. The van der Waals surface area contributed by atoms with E-state index >= 15 is 0 Å². The first-order chi connectivity index (χ1) is 9.78. The van der Waals surface area contributed by atoms with Crippen molar-refractivity contribution in [2.24, 2.45) is 0 Å². The van der Waals surface area contributed by atoms with E-state index < -0.39 is 0 Å². The molecule has 0 aliphatic heterocycles. The topological polar surface area (TPSA) is 70.2 Å². The Kier molecular flexibility index (Phi) is 3.77. The summed E-state index contributed by atoms with van der Waals surface area (Å²) in [5.41, 5.74) is 0. The van der Waals surface area contributed by atoms with Crippen LogP contribution in [0.2, 0.25) is 0 Å². The van der Waals surface area contributed by atoms with Gasteiger partial charge in [0.2, 0.25) is 0 Å². The van der Waals surface area contributed by atoms with Gasteiger partial charge in [0.05, 0.1) is 25.7 Å². The molecule has 3 rings (SSSR count). The second kappa shape index (κ2) is 5.70. The number of thioether (sulfide) groups is 1. The molecule has 0 atom stereocenters. The highest BCUT2D eigenvalue weighted by Gasteiger charge is 2.30. The standard InChI is InChI=1S/C13H15N3O3S/c1-18-11(17)8-20-13-15-14-12(9-4-5-9)16(13)7-10-3-2-6-19-10/h2-3,6,9H,4-5,7-8H2,1H3. The second-order valence-electron chi connectivity index (χ2n) is 4.65. The van der Waals surface area contributed by atoms with Crippen molar-refractivity contribution in [2.45, 2.75) is 30.5 Å². The van der Waals surface area contributed by atoms with E-state index in [4.69, 9.17) is 4.42 Å². The fourth-order valence-corrected chi connectivity index (χ4v) is 2.72. The van der Waals surface area contributed by atoms with Crippen LogP contribution in [0.1, 0.15) is 30.3 Å². The molecule has 1 saturated carbocycles. The number of ether oxygens (including phenoxy) is 1. The molecule has 1 fully saturated rings. The lowest BCUT2D eigenvalue weighted by molar-refractivity contribution is -0.137. The Morgan fingerprint density at radius 1 is 1.55 bits per heavy atom. The molecule has 1 aliphatic rings. The summed E-state index contributed by atoms with van der Waals surface area (Å²) in [6.45, 7) is 0.593. The van der Waals surface area contributed by atoms with Gasteiger partial charge in [-0.05, 0) is 25.0 Å². The van der Waals surface area contributed by atoms with E-state index in [-0.39, 0.29) is 11.7 Å². The van der Waals surface area contributed by atoms with E-state index in [1.165, 1.54) is 18.9 Å². The summed E-state index contributed by atoms with van der Waals surface area (Å²) >= 11 is 1.34. The summed E-state index contributed by atoms with van der Waals surface area (Å²) in [5, 5.41) is 9.18. The minimum absolute atomic E-state index is 0.234. The van der Waals surface area contributed by atoms with Crippen molar-refractivity contribution in [3.63, 3.8) is 0 Å². The first kappa shape index (κ1) is 13.2. The average Bonchev–Trinajstić information content (AvgIpc) is 3.03. The molecular formula is C13H15N3O3S. The number of nitrogens with zero attached hydrogens (tertiary/aromatic N) is 3. The summed E-state index contributed by atoms with van der Waals surface area (Å²) in [6.07, 6.45) is 3.95. The van der Waals surface area contributed by atoms with Crippen LogP contribution >= 0.6 is 11.8 Å².